The van der Waals surface area contributed by atoms with Crippen LogP contribution in [0.2, 0.25) is 0 Å². The quantitative estimate of drug-likeness (QED) is 0.690. The minimum atomic E-state index is -4.28. The summed E-state index contributed by atoms with van der Waals surface area (Å²) in [5, 5.41) is 0. The molecule has 1 heterocycles. The Morgan fingerprint density at radius 1 is 0.964 bits per heavy atom. The Hall–Kier alpha value is -2.11. The molecule has 28 heavy (non-hydrogen) atoms. The number of nitrogens with zero attached hydrogens (tertiary/aromatic N) is 2. The first kappa shape index (κ1) is 20.6. The van der Waals surface area contributed by atoms with Gasteiger partial charge in [0.2, 0.25) is 0 Å². The Kier molecular flexibility index (Phi) is 6.92. The molecule has 0 spiro atoms. The minimum Gasteiger partial charge on any atom is -0.298 e. The molecule has 0 bridgehead atoms. The largest absolute Gasteiger partial charge is 0.416 e. The number of hydrogen-bond donors (Lipinski definition) is 0. The number of alkyl halides is 3. The second-order valence-corrected chi connectivity index (χ2v) is 7.40. The topological polar surface area (TPSA) is 6.48 Å². The van der Waals surface area contributed by atoms with Gasteiger partial charge in [-0.3, -0.25) is 9.80 Å². The zero-order chi connectivity index (χ0) is 20.0. The lowest BCUT2D eigenvalue weighted by molar-refractivity contribution is -0.137. The third-order valence-corrected chi connectivity index (χ3v) is 5.29. The first-order valence-corrected chi connectivity index (χ1v) is 9.76. The van der Waals surface area contributed by atoms with E-state index in [2.05, 4.69) is 41.0 Å². The van der Waals surface area contributed by atoms with Crippen molar-refractivity contribution in [2.45, 2.75) is 25.6 Å². The molecule has 1 aliphatic rings. The van der Waals surface area contributed by atoms with Crippen molar-refractivity contribution in [1.82, 2.24) is 9.80 Å². The summed E-state index contributed by atoms with van der Waals surface area (Å²) in [6.45, 7) is 6.87. The third-order valence-electron chi connectivity index (χ3n) is 5.29. The van der Waals surface area contributed by atoms with E-state index in [0.29, 0.717) is 6.42 Å². The predicted molar refractivity (Wildman–Crippen MR) is 108 cm³/mol. The van der Waals surface area contributed by atoms with Crippen LogP contribution in [-0.2, 0) is 12.6 Å². The predicted octanol–water partition coefficient (Wildman–Crippen LogP) is 4.97. The van der Waals surface area contributed by atoms with E-state index in [9.17, 15) is 13.2 Å². The van der Waals surface area contributed by atoms with E-state index in [0.717, 1.165) is 44.4 Å². The molecule has 1 atom stereocenters. The molecule has 150 valence electrons. The van der Waals surface area contributed by atoms with Gasteiger partial charge in [-0.25, -0.2) is 0 Å². The summed E-state index contributed by atoms with van der Waals surface area (Å²) in [5.74, 6) is 0. The van der Waals surface area contributed by atoms with E-state index in [1.165, 1.54) is 17.7 Å². The highest BCUT2D eigenvalue weighted by Crippen LogP contribution is 2.30. The van der Waals surface area contributed by atoms with Crippen LogP contribution in [0.4, 0.5) is 13.2 Å². The second kappa shape index (κ2) is 9.39. The summed E-state index contributed by atoms with van der Waals surface area (Å²) in [5.41, 5.74) is 1.39. The van der Waals surface area contributed by atoms with Crippen molar-refractivity contribution in [3.05, 3.63) is 77.4 Å². The Morgan fingerprint density at radius 3 is 2.36 bits per heavy atom. The molecule has 0 unspecified atom stereocenters. The van der Waals surface area contributed by atoms with Gasteiger partial charge in [0.25, 0.3) is 0 Å². The second-order valence-electron chi connectivity index (χ2n) is 7.40. The lowest BCUT2D eigenvalue weighted by atomic mass is 10.0. The maximum atomic E-state index is 12.9. The van der Waals surface area contributed by atoms with Gasteiger partial charge in [0, 0.05) is 38.8 Å². The third kappa shape index (κ3) is 5.94. The van der Waals surface area contributed by atoms with Gasteiger partial charge in [0.1, 0.15) is 0 Å². The summed E-state index contributed by atoms with van der Waals surface area (Å²) < 4.78 is 38.7. The molecule has 1 aliphatic heterocycles. The Morgan fingerprint density at radius 2 is 1.68 bits per heavy atom. The Labute approximate surface area is 165 Å². The van der Waals surface area contributed by atoms with Crippen molar-refractivity contribution in [3.63, 3.8) is 0 Å². The molecule has 5 heteroatoms. The van der Waals surface area contributed by atoms with Gasteiger partial charge in [-0.05, 0) is 30.5 Å². The summed E-state index contributed by atoms with van der Waals surface area (Å²) in [7, 11) is 0. The minimum absolute atomic E-state index is 0.227. The standard InChI is InChI=1S/C23H27F3N2/c1-19(17-21-9-5-11-22(18-21)23(24,25)26)28-15-13-27(14-16-28)12-6-10-20-7-3-2-4-8-20/h2-11,18-19H,12-17H2,1H3/b10-6+/t19-/m1/s1. The lowest BCUT2D eigenvalue weighted by Gasteiger charge is -2.37. The maximum absolute atomic E-state index is 12.9. The fourth-order valence-corrected chi connectivity index (χ4v) is 3.63. The van der Waals surface area contributed by atoms with Gasteiger partial charge >= 0.3 is 6.18 Å². The zero-order valence-corrected chi connectivity index (χ0v) is 16.2. The molecule has 1 fully saturated rings. The average Bonchev–Trinajstić information content (AvgIpc) is 2.69. The van der Waals surface area contributed by atoms with Crippen LogP contribution < -0.4 is 0 Å². The molecule has 0 N–H and O–H groups in total. The molecule has 2 nitrogen and oxygen atoms in total. The molecule has 1 saturated heterocycles. The zero-order valence-electron chi connectivity index (χ0n) is 16.2. The van der Waals surface area contributed by atoms with Crippen molar-refractivity contribution >= 4 is 6.08 Å². The molecule has 0 aromatic heterocycles. The Balaban J connectivity index is 1.46. The molecular weight excluding hydrogens is 361 g/mol. The Bertz CT molecular complexity index is 763. The summed E-state index contributed by atoms with van der Waals surface area (Å²) in [4.78, 5) is 4.78. The number of piperazine rings is 1. The van der Waals surface area contributed by atoms with Gasteiger partial charge in [-0.1, -0.05) is 60.7 Å². The van der Waals surface area contributed by atoms with Gasteiger partial charge < -0.3 is 0 Å². The van der Waals surface area contributed by atoms with Crippen molar-refractivity contribution in [3.8, 4) is 0 Å². The lowest BCUT2D eigenvalue weighted by Crippen LogP contribution is -2.50. The summed E-state index contributed by atoms with van der Waals surface area (Å²) in [6.07, 6.45) is 0.690. The molecule has 0 amide bonds. The van der Waals surface area contributed by atoms with Crippen LogP contribution in [0.15, 0.2) is 60.7 Å². The molecule has 0 saturated carbocycles. The molecule has 3 rings (SSSR count). The van der Waals surface area contributed by atoms with Crippen molar-refractivity contribution < 1.29 is 13.2 Å². The van der Waals surface area contributed by atoms with Crippen molar-refractivity contribution in [2.75, 3.05) is 32.7 Å². The van der Waals surface area contributed by atoms with Crippen LogP contribution in [0.1, 0.15) is 23.6 Å². The number of hydrogen-bond acceptors (Lipinski definition) is 2. The normalized spacial score (nSPS) is 17.9. The molecule has 2 aromatic rings. The van der Waals surface area contributed by atoms with Crippen molar-refractivity contribution in [1.29, 1.82) is 0 Å². The van der Waals surface area contributed by atoms with Gasteiger partial charge in [0.15, 0.2) is 0 Å². The van der Waals surface area contributed by atoms with Crippen molar-refractivity contribution in [2.24, 2.45) is 0 Å². The van der Waals surface area contributed by atoms with Crippen LogP contribution in [0.25, 0.3) is 6.08 Å². The molecule has 0 radical (unpaired) electrons. The average molecular weight is 388 g/mol. The van der Waals surface area contributed by atoms with Crippen LogP contribution >= 0.6 is 0 Å². The number of rotatable bonds is 6. The van der Waals surface area contributed by atoms with E-state index in [-0.39, 0.29) is 6.04 Å². The van der Waals surface area contributed by atoms with Gasteiger partial charge in [-0.2, -0.15) is 13.2 Å². The van der Waals surface area contributed by atoms with E-state index < -0.39 is 11.7 Å². The highest BCUT2D eigenvalue weighted by Gasteiger charge is 2.30. The monoisotopic (exact) mass is 388 g/mol. The number of halogens is 3. The van der Waals surface area contributed by atoms with Crippen LogP contribution in [-0.4, -0.2) is 48.6 Å². The SMILES string of the molecule is C[C@H](Cc1cccc(C(F)(F)F)c1)N1CCN(C/C=C/c2ccccc2)CC1. The van der Waals surface area contributed by atoms with E-state index in [1.54, 1.807) is 6.07 Å². The summed E-state index contributed by atoms with van der Waals surface area (Å²) >= 11 is 0. The van der Waals surface area contributed by atoms with Crippen LogP contribution in [0.5, 0.6) is 0 Å². The fourth-order valence-electron chi connectivity index (χ4n) is 3.63. The van der Waals surface area contributed by atoms with Crippen LogP contribution in [0, 0.1) is 0 Å². The summed E-state index contributed by atoms with van der Waals surface area (Å²) in [6, 6.07) is 16.2. The highest BCUT2D eigenvalue weighted by atomic mass is 19.4. The fraction of sp³-hybridized carbons (Fsp3) is 0.391. The molecule has 2 aromatic carbocycles. The van der Waals surface area contributed by atoms with Gasteiger partial charge in [0.05, 0.1) is 5.56 Å². The molecule has 0 aliphatic carbocycles. The highest BCUT2D eigenvalue weighted by molar-refractivity contribution is 5.48. The first-order valence-electron chi connectivity index (χ1n) is 9.76. The maximum Gasteiger partial charge on any atom is 0.416 e. The van der Waals surface area contributed by atoms with E-state index in [4.69, 9.17) is 0 Å². The first-order chi connectivity index (χ1) is 13.4. The smallest absolute Gasteiger partial charge is 0.298 e. The number of benzene rings is 2. The van der Waals surface area contributed by atoms with Gasteiger partial charge in [-0.15, -0.1) is 0 Å². The van der Waals surface area contributed by atoms with Crippen LogP contribution in [0.3, 0.4) is 0 Å². The molecular formula is C23H27F3N2. The van der Waals surface area contributed by atoms with E-state index >= 15 is 0 Å². The van der Waals surface area contributed by atoms with E-state index in [1.807, 2.05) is 18.2 Å².